The van der Waals surface area contributed by atoms with E-state index in [1.54, 1.807) is 0 Å². The number of amides is 1. The summed E-state index contributed by atoms with van der Waals surface area (Å²) in [4.78, 5) is 16.9. The molecule has 2 saturated heterocycles. The molecule has 5 heteroatoms. The highest BCUT2D eigenvalue weighted by molar-refractivity contribution is 5.92. The minimum absolute atomic E-state index is 0.0288. The Balaban J connectivity index is 1.49. The summed E-state index contributed by atoms with van der Waals surface area (Å²) in [6.07, 6.45) is 7.32. The van der Waals surface area contributed by atoms with Crippen LogP contribution >= 0.6 is 0 Å². The van der Waals surface area contributed by atoms with E-state index in [1.165, 1.54) is 31.4 Å². The maximum absolute atomic E-state index is 12.3. The molecule has 2 heterocycles. The number of nitrogens with one attached hydrogen (secondary N) is 1. The van der Waals surface area contributed by atoms with Gasteiger partial charge in [0.2, 0.25) is 5.91 Å². The predicted octanol–water partition coefficient (Wildman–Crippen LogP) is 2.71. The van der Waals surface area contributed by atoms with E-state index >= 15 is 0 Å². The van der Waals surface area contributed by atoms with E-state index in [9.17, 15) is 9.90 Å². The van der Waals surface area contributed by atoms with Gasteiger partial charge in [0.1, 0.15) is 0 Å². The van der Waals surface area contributed by atoms with Gasteiger partial charge in [-0.25, -0.2) is 0 Å². The lowest BCUT2D eigenvalue weighted by molar-refractivity contribution is -0.117. The van der Waals surface area contributed by atoms with Crippen LogP contribution in [0.25, 0.3) is 0 Å². The Morgan fingerprint density at radius 2 is 1.76 bits per heavy atom. The molecule has 3 rings (SSSR count). The third kappa shape index (κ3) is 5.44. The molecule has 2 aliphatic heterocycles. The zero-order valence-electron chi connectivity index (χ0n) is 15.1. The van der Waals surface area contributed by atoms with Gasteiger partial charge in [-0.15, -0.1) is 0 Å². The van der Waals surface area contributed by atoms with Crippen LogP contribution in [0.2, 0.25) is 0 Å². The van der Waals surface area contributed by atoms with E-state index in [4.69, 9.17) is 0 Å². The van der Waals surface area contributed by atoms with Crippen molar-refractivity contribution in [2.24, 2.45) is 5.92 Å². The smallest absolute Gasteiger partial charge is 0.238 e. The zero-order chi connectivity index (χ0) is 17.5. The minimum Gasteiger partial charge on any atom is -0.396 e. The molecule has 2 N–H and O–H groups in total. The monoisotopic (exact) mass is 345 g/mol. The molecule has 1 atom stereocenters. The number of likely N-dealkylation sites (tertiary alicyclic amines) is 1. The number of carbonyl (C=O) groups is 1. The summed E-state index contributed by atoms with van der Waals surface area (Å²) < 4.78 is 0. The molecule has 0 radical (unpaired) electrons. The molecular formula is C20H31N3O2. The zero-order valence-corrected chi connectivity index (χ0v) is 15.1. The third-order valence-corrected chi connectivity index (χ3v) is 5.35. The van der Waals surface area contributed by atoms with E-state index in [0.717, 1.165) is 44.7 Å². The van der Waals surface area contributed by atoms with Crippen molar-refractivity contribution in [1.82, 2.24) is 4.90 Å². The van der Waals surface area contributed by atoms with Crippen molar-refractivity contribution in [2.75, 3.05) is 49.5 Å². The topological polar surface area (TPSA) is 55.8 Å². The molecule has 0 bridgehead atoms. The Kier molecular flexibility index (Phi) is 6.70. The van der Waals surface area contributed by atoms with Crippen molar-refractivity contribution in [1.29, 1.82) is 0 Å². The molecule has 0 spiro atoms. The van der Waals surface area contributed by atoms with Gasteiger partial charge in [0.15, 0.2) is 0 Å². The number of aliphatic hydroxyl groups excluding tert-OH is 1. The van der Waals surface area contributed by atoms with Crippen LogP contribution in [-0.2, 0) is 4.79 Å². The Labute approximate surface area is 151 Å². The van der Waals surface area contributed by atoms with Gasteiger partial charge in [0, 0.05) is 37.6 Å². The molecule has 2 fully saturated rings. The van der Waals surface area contributed by atoms with Gasteiger partial charge in [-0.05, 0) is 62.4 Å². The minimum atomic E-state index is 0.0288. The maximum atomic E-state index is 12.3. The van der Waals surface area contributed by atoms with E-state index in [2.05, 4.69) is 27.2 Å². The van der Waals surface area contributed by atoms with Gasteiger partial charge in [-0.2, -0.15) is 0 Å². The predicted molar refractivity (Wildman–Crippen MR) is 102 cm³/mol. The summed E-state index contributed by atoms with van der Waals surface area (Å²) >= 11 is 0. The first-order valence-electron chi connectivity index (χ1n) is 9.72. The molecule has 138 valence electrons. The van der Waals surface area contributed by atoms with Crippen molar-refractivity contribution < 1.29 is 9.90 Å². The number of nitrogens with zero attached hydrogens (tertiary/aromatic N) is 2. The average Bonchev–Trinajstić information content (AvgIpc) is 2.92. The standard InChI is InChI=1S/C20H31N3O2/c24-16-17-6-5-11-22(14-17)15-20(25)21-18-7-9-19(10-8-18)23-12-3-1-2-4-13-23/h7-10,17,24H,1-6,11-16H2,(H,21,25). The van der Waals surface area contributed by atoms with Crippen molar-refractivity contribution in [3.05, 3.63) is 24.3 Å². The summed E-state index contributed by atoms with van der Waals surface area (Å²) in [6.45, 7) is 4.65. The largest absolute Gasteiger partial charge is 0.396 e. The van der Waals surface area contributed by atoms with Gasteiger partial charge in [-0.1, -0.05) is 12.8 Å². The van der Waals surface area contributed by atoms with Gasteiger partial charge < -0.3 is 15.3 Å². The number of hydrogen-bond donors (Lipinski definition) is 2. The number of piperidine rings is 1. The first kappa shape index (κ1) is 18.2. The Hall–Kier alpha value is -1.59. The summed E-state index contributed by atoms with van der Waals surface area (Å²) in [5, 5.41) is 12.3. The molecular weight excluding hydrogens is 314 g/mol. The Morgan fingerprint density at radius 1 is 1.04 bits per heavy atom. The van der Waals surface area contributed by atoms with Crippen molar-refractivity contribution >= 4 is 17.3 Å². The number of anilines is 2. The molecule has 25 heavy (non-hydrogen) atoms. The molecule has 2 aliphatic rings. The summed E-state index contributed by atoms with van der Waals surface area (Å²) in [7, 11) is 0. The van der Waals surface area contributed by atoms with Gasteiger partial charge >= 0.3 is 0 Å². The number of rotatable bonds is 5. The lowest BCUT2D eigenvalue weighted by Gasteiger charge is -2.31. The van der Waals surface area contributed by atoms with Gasteiger partial charge in [0.25, 0.3) is 0 Å². The summed E-state index contributed by atoms with van der Waals surface area (Å²) in [5.41, 5.74) is 2.11. The Bertz CT molecular complexity index is 538. The molecule has 0 aromatic heterocycles. The van der Waals surface area contributed by atoms with Crippen LogP contribution in [0.15, 0.2) is 24.3 Å². The van der Waals surface area contributed by atoms with Gasteiger partial charge in [0.05, 0.1) is 6.54 Å². The van der Waals surface area contributed by atoms with Crippen LogP contribution < -0.4 is 10.2 Å². The molecule has 1 aromatic carbocycles. The van der Waals surface area contributed by atoms with E-state index < -0.39 is 0 Å². The van der Waals surface area contributed by atoms with Crippen LogP contribution in [0.3, 0.4) is 0 Å². The first-order valence-corrected chi connectivity index (χ1v) is 9.72. The number of aliphatic hydroxyl groups is 1. The van der Waals surface area contributed by atoms with Crippen LogP contribution in [0, 0.1) is 5.92 Å². The molecule has 1 aromatic rings. The van der Waals surface area contributed by atoms with E-state index in [-0.39, 0.29) is 12.5 Å². The highest BCUT2D eigenvalue weighted by atomic mass is 16.3. The highest BCUT2D eigenvalue weighted by Crippen LogP contribution is 2.22. The second-order valence-electron chi connectivity index (χ2n) is 7.42. The van der Waals surface area contributed by atoms with Crippen molar-refractivity contribution in [2.45, 2.75) is 38.5 Å². The fourth-order valence-electron chi connectivity index (χ4n) is 3.93. The number of benzene rings is 1. The van der Waals surface area contributed by atoms with E-state index in [0.29, 0.717) is 12.5 Å². The molecule has 5 nitrogen and oxygen atoms in total. The molecule has 0 aliphatic carbocycles. The Morgan fingerprint density at radius 3 is 2.44 bits per heavy atom. The second kappa shape index (κ2) is 9.20. The lowest BCUT2D eigenvalue weighted by Crippen LogP contribution is -2.41. The molecule has 1 amide bonds. The van der Waals surface area contributed by atoms with E-state index in [1.807, 2.05) is 12.1 Å². The lowest BCUT2D eigenvalue weighted by atomic mass is 9.99. The highest BCUT2D eigenvalue weighted by Gasteiger charge is 2.21. The molecule has 0 saturated carbocycles. The summed E-state index contributed by atoms with van der Waals surface area (Å²) in [6, 6.07) is 8.24. The fraction of sp³-hybridized carbons (Fsp3) is 0.650. The maximum Gasteiger partial charge on any atom is 0.238 e. The second-order valence-corrected chi connectivity index (χ2v) is 7.42. The number of hydrogen-bond acceptors (Lipinski definition) is 4. The fourth-order valence-corrected chi connectivity index (χ4v) is 3.93. The first-order chi connectivity index (χ1) is 12.2. The quantitative estimate of drug-likeness (QED) is 0.861. The number of carbonyl (C=O) groups excluding carboxylic acids is 1. The SMILES string of the molecule is O=C(CN1CCCC(CO)C1)Nc1ccc(N2CCCCCC2)cc1. The van der Waals surface area contributed by atoms with Crippen LogP contribution in [0.5, 0.6) is 0 Å². The van der Waals surface area contributed by atoms with Crippen molar-refractivity contribution in [3.63, 3.8) is 0 Å². The van der Waals surface area contributed by atoms with Crippen LogP contribution in [0.1, 0.15) is 38.5 Å². The summed E-state index contributed by atoms with van der Waals surface area (Å²) in [5.74, 6) is 0.343. The average molecular weight is 345 g/mol. The normalized spacial score (nSPS) is 22.4. The van der Waals surface area contributed by atoms with Gasteiger partial charge in [-0.3, -0.25) is 9.69 Å². The van der Waals surface area contributed by atoms with Crippen molar-refractivity contribution in [3.8, 4) is 0 Å². The van der Waals surface area contributed by atoms with Crippen LogP contribution in [-0.4, -0.2) is 55.2 Å². The third-order valence-electron chi connectivity index (χ3n) is 5.35. The molecule has 1 unspecified atom stereocenters. The van der Waals surface area contributed by atoms with Crippen LogP contribution in [0.4, 0.5) is 11.4 Å².